The minimum absolute atomic E-state index is 0.184. The standard InChI is InChI=1S/C16H24N2O5S/c1-22-12-11-17-9-10-18-24(20,21)14-5-3-13(4-6-14)16(7-8-16)15(19)23-2/h3-6,17-18H,7-12H2,1-2H3. The first-order valence-electron chi connectivity index (χ1n) is 7.84. The molecular weight excluding hydrogens is 332 g/mol. The van der Waals surface area contributed by atoms with E-state index in [0.717, 1.165) is 18.4 Å². The lowest BCUT2D eigenvalue weighted by atomic mass is 9.96. The molecule has 1 fully saturated rings. The van der Waals surface area contributed by atoms with Crippen molar-refractivity contribution in [2.45, 2.75) is 23.2 Å². The van der Waals surface area contributed by atoms with Crippen molar-refractivity contribution in [3.05, 3.63) is 29.8 Å². The summed E-state index contributed by atoms with van der Waals surface area (Å²) in [5.74, 6) is -0.265. The predicted molar refractivity (Wildman–Crippen MR) is 89.3 cm³/mol. The molecule has 0 radical (unpaired) electrons. The van der Waals surface area contributed by atoms with Crippen LogP contribution in [-0.4, -0.2) is 54.8 Å². The van der Waals surface area contributed by atoms with Crippen LogP contribution in [0.25, 0.3) is 0 Å². The second kappa shape index (κ2) is 8.06. The number of hydrogen-bond donors (Lipinski definition) is 2. The lowest BCUT2D eigenvalue weighted by Crippen LogP contribution is -2.33. The van der Waals surface area contributed by atoms with Crippen molar-refractivity contribution in [1.29, 1.82) is 0 Å². The summed E-state index contributed by atoms with van der Waals surface area (Å²) in [7, 11) is -0.580. The molecule has 24 heavy (non-hydrogen) atoms. The molecule has 134 valence electrons. The van der Waals surface area contributed by atoms with Crippen LogP contribution in [0.15, 0.2) is 29.2 Å². The van der Waals surface area contributed by atoms with Crippen molar-refractivity contribution in [3.63, 3.8) is 0 Å². The molecule has 2 N–H and O–H groups in total. The van der Waals surface area contributed by atoms with Crippen LogP contribution in [0, 0.1) is 0 Å². The monoisotopic (exact) mass is 356 g/mol. The molecule has 1 aromatic rings. The fourth-order valence-corrected chi connectivity index (χ4v) is 3.57. The van der Waals surface area contributed by atoms with E-state index in [1.807, 2.05) is 0 Å². The predicted octanol–water partition coefficient (Wildman–Crippen LogP) is 0.406. The molecule has 0 saturated heterocycles. The second-order valence-electron chi connectivity index (χ2n) is 5.74. The maximum absolute atomic E-state index is 12.2. The van der Waals surface area contributed by atoms with Crippen molar-refractivity contribution in [3.8, 4) is 0 Å². The van der Waals surface area contributed by atoms with E-state index >= 15 is 0 Å². The zero-order valence-corrected chi connectivity index (χ0v) is 14.8. The van der Waals surface area contributed by atoms with Gasteiger partial charge in [-0.25, -0.2) is 13.1 Å². The fraction of sp³-hybridized carbons (Fsp3) is 0.562. The SMILES string of the molecule is COCCNCCNS(=O)(=O)c1ccc(C2(C(=O)OC)CC2)cc1. The number of benzene rings is 1. The summed E-state index contributed by atoms with van der Waals surface area (Å²) in [5.41, 5.74) is 0.213. The van der Waals surface area contributed by atoms with Gasteiger partial charge < -0.3 is 14.8 Å². The largest absolute Gasteiger partial charge is 0.468 e. The first-order valence-corrected chi connectivity index (χ1v) is 9.33. The Hall–Kier alpha value is -1.48. The van der Waals surface area contributed by atoms with Gasteiger partial charge in [0.1, 0.15) is 0 Å². The minimum Gasteiger partial charge on any atom is -0.468 e. The molecule has 0 unspecified atom stereocenters. The van der Waals surface area contributed by atoms with Gasteiger partial charge in [-0.3, -0.25) is 4.79 Å². The van der Waals surface area contributed by atoms with E-state index in [1.54, 1.807) is 19.2 Å². The van der Waals surface area contributed by atoms with Crippen molar-refractivity contribution in [1.82, 2.24) is 10.0 Å². The van der Waals surface area contributed by atoms with Gasteiger partial charge in [0, 0.05) is 26.7 Å². The number of rotatable bonds is 10. The Morgan fingerprint density at radius 1 is 1.12 bits per heavy atom. The molecule has 0 aliphatic heterocycles. The number of ether oxygens (including phenoxy) is 2. The van der Waals surface area contributed by atoms with E-state index in [4.69, 9.17) is 9.47 Å². The Balaban J connectivity index is 1.93. The number of sulfonamides is 1. The Morgan fingerprint density at radius 3 is 2.33 bits per heavy atom. The highest BCUT2D eigenvalue weighted by Crippen LogP contribution is 2.49. The van der Waals surface area contributed by atoms with Gasteiger partial charge >= 0.3 is 5.97 Å². The lowest BCUT2D eigenvalue weighted by molar-refractivity contribution is -0.143. The molecule has 0 amide bonds. The molecule has 0 spiro atoms. The van der Waals surface area contributed by atoms with Crippen molar-refractivity contribution >= 4 is 16.0 Å². The van der Waals surface area contributed by atoms with Gasteiger partial charge in [-0.15, -0.1) is 0 Å². The van der Waals surface area contributed by atoms with Gasteiger partial charge in [-0.05, 0) is 30.5 Å². The average molecular weight is 356 g/mol. The van der Waals surface area contributed by atoms with Crippen LogP contribution in [-0.2, 0) is 29.7 Å². The third-order valence-electron chi connectivity index (χ3n) is 4.12. The first kappa shape index (κ1) is 18.9. The maximum atomic E-state index is 12.2. The zero-order chi connectivity index (χ0) is 17.6. The van der Waals surface area contributed by atoms with Crippen LogP contribution < -0.4 is 10.0 Å². The van der Waals surface area contributed by atoms with Crippen LogP contribution in [0.5, 0.6) is 0 Å². The van der Waals surface area contributed by atoms with E-state index < -0.39 is 15.4 Å². The van der Waals surface area contributed by atoms with E-state index in [-0.39, 0.29) is 10.9 Å². The van der Waals surface area contributed by atoms with E-state index in [0.29, 0.717) is 26.2 Å². The molecule has 2 rings (SSSR count). The Bertz CT molecular complexity index is 654. The van der Waals surface area contributed by atoms with E-state index in [2.05, 4.69) is 10.0 Å². The van der Waals surface area contributed by atoms with Crippen LogP contribution >= 0.6 is 0 Å². The topological polar surface area (TPSA) is 93.7 Å². The van der Waals surface area contributed by atoms with Gasteiger partial charge in [-0.1, -0.05) is 12.1 Å². The van der Waals surface area contributed by atoms with Gasteiger partial charge in [0.15, 0.2) is 0 Å². The van der Waals surface area contributed by atoms with Gasteiger partial charge in [0.25, 0.3) is 0 Å². The maximum Gasteiger partial charge on any atom is 0.316 e. The molecule has 1 aliphatic carbocycles. The molecule has 0 bridgehead atoms. The highest BCUT2D eigenvalue weighted by atomic mass is 32.2. The summed E-state index contributed by atoms with van der Waals surface area (Å²) in [5, 5.41) is 3.06. The van der Waals surface area contributed by atoms with Crippen molar-refractivity contribution in [2.75, 3.05) is 40.5 Å². The number of carbonyl (C=O) groups is 1. The molecular formula is C16H24N2O5S. The number of methoxy groups -OCH3 is 2. The van der Waals surface area contributed by atoms with Gasteiger partial charge in [0.2, 0.25) is 10.0 Å². The Kier molecular flexibility index (Phi) is 6.34. The molecule has 0 aromatic heterocycles. The van der Waals surface area contributed by atoms with Gasteiger partial charge in [0.05, 0.1) is 24.0 Å². The van der Waals surface area contributed by atoms with Crippen molar-refractivity contribution in [2.24, 2.45) is 0 Å². The normalized spacial score (nSPS) is 15.9. The molecule has 1 aliphatic rings. The smallest absolute Gasteiger partial charge is 0.316 e. The highest BCUT2D eigenvalue weighted by molar-refractivity contribution is 7.89. The number of hydrogen-bond acceptors (Lipinski definition) is 6. The third-order valence-corrected chi connectivity index (χ3v) is 5.60. The van der Waals surface area contributed by atoms with Gasteiger partial charge in [-0.2, -0.15) is 0 Å². The average Bonchev–Trinajstić information content (AvgIpc) is 3.39. The summed E-state index contributed by atoms with van der Waals surface area (Å²) >= 11 is 0. The summed E-state index contributed by atoms with van der Waals surface area (Å²) in [6.45, 7) is 2.06. The zero-order valence-electron chi connectivity index (χ0n) is 14.0. The summed E-state index contributed by atoms with van der Waals surface area (Å²) in [6, 6.07) is 6.43. The van der Waals surface area contributed by atoms with Crippen LogP contribution in [0.3, 0.4) is 0 Å². The summed E-state index contributed by atoms with van der Waals surface area (Å²) < 4.78 is 36.7. The van der Waals surface area contributed by atoms with Crippen LogP contribution in [0.1, 0.15) is 18.4 Å². The summed E-state index contributed by atoms with van der Waals surface area (Å²) in [4.78, 5) is 12.0. The summed E-state index contributed by atoms with van der Waals surface area (Å²) in [6.07, 6.45) is 1.47. The number of carbonyl (C=O) groups excluding carboxylic acids is 1. The number of esters is 1. The molecule has 0 heterocycles. The lowest BCUT2D eigenvalue weighted by Gasteiger charge is -2.14. The van der Waals surface area contributed by atoms with E-state index in [1.165, 1.54) is 19.2 Å². The Morgan fingerprint density at radius 2 is 1.79 bits per heavy atom. The first-order chi connectivity index (χ1) is 11.5. The molecule has 1 saturated carbocycles. The second-order valence-corrected chi connectivity index (χ2v) is 7.51. The van der Waals surface area contributed by atoms with E-state index in [9.17, 15) is 13.2 Å². The Labute approximate surface area is 142 Å². The molecule has 8 heteroatoms. The molecule has 7 nitrogen and oxygen atoms in total. The molecule has 0 atom stereocenters. The fourth-order valence-electron chi connectivity index (χ4n) is 2.54. The van der Waals surface area contributed by atoms with Crippen LogP contribution in [0.4, 0.5) is 0 Å². The third kappa shape index (κ3) is 4.32. The number of nitrogens with one attached hydrogen (secondary N) is 2. The van der Waals surface area contributed by atoms with Crippen molar-refractivity contribution < 1.29 is 22.7 Å². The minimum atomic E-state index is -3.56. The molecule has 1 aromatic carbocycles. The highest BCUT2D eigenvalue weighted by Gasteiger charge is 2.52. The van der Waals surface area contributed by atoms with Crippen LogP contribution in [0.2, 0.25) is 0 Å². The quantitative estimate of drug-likeness (QED) is 0.466.